The summed E-state index contributed by atoms with van der Waals surface area (Å²) in [5.74, 6) is -3.24. The number of fused-ring (bicyclic) bond motifs is 2. The van der Waals surface area contributed by atoms with Gasteiger partial charge >= 0.3 is 11.9 Å². The lowest BCUT2D eigenvalue weighted by Crippen LogP contribution is -2.11. The molecule has 2 N–H and O–H groups in total. The Morgan fingerprint density at radius 3 is 1.95 bits per heavy atom. The summed E-state index contributed by atoms with van der Waals surface area (Å²) in [5, 5.41) is 17.8. The van der Waals surface area contributed by atoms with Crippen molar-refractivity contribution in [1.29, 1.82) is 0 Å². The molecule has 1 aromatic carbocycles. The molecule has 0 spiro atoms. The molecule has 3 aromatic heterocycles. The van der Waals surface area contributed by atoms with E-state index in [2.05, 4.69) is 4.98 Å². The maximum Gasteiger partial charge on any atom is 0.303 e. The van der Waals surface area contributed by atoms with Crippen molar-refractivity contribution in [2.75, 3.05) is 27.4 Å². The van der Waals surface area contributed by atoms with Crippen LogP contribution >= 0.6 is 22.7 Å². The van der Waals surface area contributed by atoms with Gasteiger partial charge < -0.3 is 29.2 Å². The summed E-state index contributed by atoms with van der Waals surface area (Å²) < 4.78 is 38.5. The summed E-state index contributed by atoms with van der Waals surface area (Å²) in [5.41, 5.74) is 0.467. The third kappa shape index (κ3) is 6.89. The number of rotatable bonds is 15. The largest absolute Gasteiger partial charge is 0.493 e. The van der Waals surface area contributed by atoms with Crippen LogP contribution in [0.4, 0.5) is 4.39 Å². The molecule has 216 valence electrons. The van der Waals surface area contributed by atoms with E-state index in [0.717, 1.165) is 11.3 Å². The highest BCUT2D eigenvalue weighted by atomic mass is 32.1. The first-order chi connectivity index (χ1) is 19.6. The van der Waals surface area contributed by atoms with Crippen molar-refractivity contribution in [3.05, 3.63) is 39.8 Å². The number of pyridine rings is 1. The molecule has 0 amide bonds. The maximum atomic E-state index is 15.4. The van der Waals surface area contributed by atoms with Gasteiger partial charge in [-0.2, -0.15) is 0 Å². The van der Waals surface area contributed by atoms with Crippen molar-refractivity contribution in [1.82, 2.24) is 4.98 Å². The molecule has 41 heavy (non-hydrogen) atoms. The molecule has 0 fully saturated rings. The van der Waals surface area contributed by atoms with E-state index in [-0.39, 0.29) is 72.3 Å². The van der Waals surface area contributed by atoms with E-state index in [9.17, 15) is 19.2 Å². The van der Waals surface area contributed by atoms with Gasteiger partial charge in [0.1, 0.15) is 13.2 Å². The van der Waals surface area contributed by atoms with Crippen LogP contribution in [0.3, 0.4) is 0 Å². The van der Waals surface area contributed by atoms with Crippen molar-refractivity contribution in [3.63, 3.8) is 0 Å². The van der Waals surface area contributed by atoms with E-state index in [1.165, 1.54) is 37.7 Å². The van der Waals surface area contributed by atoms with Crippen LogP contribution in [-0.4, -0.2) is 66.1 Å². The summed E-state index contributed by atoms with van der Waals surface area (Å²) in [4.78, 5) is 51.2. The number of ether oxygens (including phenoxy) is 4. The Morgan fingerprint density at radius 2 is 1.34 bits per heavy atom. The number of methoxy groups -OCH3 is 2. The quantitative estimate of drug-likeness (QED) is 0.135. The highest BCUT2D eigenvalue weighted by Crippen LogP contribution is 2.40. The zero-order valence-corrected chi connectivity index (χ0v) is 23.5. The molecule has 11 nitrogen and oxygen atoms in total. The van der Waals surface area contributed by atoms with Crippen LogP contribution < -0.4 is 18.9 Å². The fourth-order valence-corrected chi connectivity index (χ4v) is 5.86. The van der Waals surface area contributed by atoms with E-state index >= 15 is 4.39 Å². The molecule has 0 bridgehead atoms. The topological polar surface area (TPSA) is 159 Å². The molecule has 0 saturated heterocycles. The van der Waals surface area contributed by atoms with E-state index in [1.54, 1.807) is 12.1 Å². The van der Waals surface area contributed by atoms with E-state index in [0.29, 0.717) is 25.5 Å². The molecule has 4 rings (SSSR count). The van der Waals surface area contributed by atoms with Gasteiger partial charge in [0.2, 0.25) is 0 Å². The summed E-state index contributed by atoms with van der Waals surface area (Å²) in [6, 6.07) is 6.12. The minimum absolute atomic E-state index is 0.0629. The van der Waals surface area contributed by atoms with Crippen molar-refractivity contribution >= 4 is 66.5 Å². The van der Waals surface area contributed by atoms with Crippen LogP contribution in [0.25, 0.3) is 20.3 Å². The van der Waals surface area contributed by atoms with Crippen LogP contribution in [0.5, 0.6) is 23.1 Å². The summed E-state index contributed by atoms with van der Waals surface area (Å²) in [6.45, 7) is -0.175. The van der Waals surface area contributed by atoms with Gasteiger partial charge in [-0.1, -0.05) is 0 Å². The predicted octanol–water partition coefficient (Wildman–Crippen LogP) is 5.22. The number of benzene rings is 1. The second-order valence-corrected chi connectivity index (χ2v) is 10.7. The van der Waals surface area contributed by atoms with Gasteiger partial charge in [0, 0.05) is 35.1 Å². The fraction of sp³-hybridized carbons (Fsp3) is 0.296. The van der Waals surface area contributed by atoms with Gasteiger partial charge in [0.25, 0.3) is 5.88 Å². The van der Waals surface area contributed by atoms with Gasteiger partial charge in [-0.3, -0.25) is 19.2 Å². The number of carbonyl (C=O) groups is 4. The monoisotopic (exact) mass is 605 g/mol. The van der Waals surface area contributed by atoms with Crippen LogP contribution in [0.2, 0.25) is 0 Å². The van der Waals surface area contributed by atoms with E-state index < -0.39 is 23.5 Å². The number of hydrogen-bond donors (Lipinski definition) is 2. The minimum Gasteiger partial charge on any atom is -0.493 e. The Bertz CT molecular complexity index is 1640. The van der Waals surface area contributed by atoms with Gasteiger partial charge in [0.05, 0.1) is 47.0 Å². The lowest BCUT2D eigenvalue weighted by Gasteiger charge is -2.13. The highest BCUT2D eigenvalue weighted by Gasteiger charge is 2.21. The van der Waals surface area contributed by atoms with Crippen molar-refractivity contribution in [3.8, 4) is 23.1 Å². The number of aromatic nitrogens is 1. The third-order valence-electron chi connectivity index (χ3n) is 5.81. The number of ketones is 2. The number of hydrogen-bond acceptors (Lipinski definition) is 11. The number of carboxylic acid groups (broad SMARTS) is 2. The third-order valence-corrected chi connectivity index (χ3v) is 8.04. The SMILES string of the molecule is COc1cc2sc(C(=O)CCC(=O)O)cc2nc1OCCOc1c(OC)cc2sc(C(=O)CCC(=O)O)cc2c1F. The average molecular weight is 606 g/mol. The Hall–Kier alpha value is -4.30. The number of carbonyl (C=O) groups excluding carboxylic acids is 2. The highest BCUT2D eigenvalue weighted by molar-refractivity contribution is 7.21. The molecule has 0 atom stereocenters. The van der Waals surface area contributed by atoms with Crippen LogP contribution in [0, 0.1) is 5.82 Å². The molecule has 0 aliphatic heterocycles. The molecular formula is C27H24FNO10S2. The molecular weight excluding hydrogens is 581 g/mol. The predicted molar refractivity (Wildman–Crippen MR) is 148 cm³/mol. The number of nitrogens with zero attached hydrogens (tertiary/aromatic N) is 1. The number of thiophene rings is 2. The Labute approximate surface area is 240 Å². The lowest BCUT2D eigenvalue weighted by atomic mass is 10.1. The van der Waals surface area contributed by atoms with Crippen molar-refractivity contribution < 1.29 is 52.7 Å². The van der Waals surface area contributed by atoms with Gasteiger partial charge in [-0.15, -0.1) is 22.7 Å². The molecule has 0 radical (unpaired) electrons. The summed E-state index contributed by atoms with van der Waals surface area (Å²) in [6.07, 6.45) is -0.911. The summed E-state index contributed by atoms with van der Waals surface area (Å²) >= 11 is 2.20. The number of halogens is 1. The molecule has 0 aliphatic carbocycles. The molecule has 14 heteroatoms. The van der Waals surface area contributed by atoms with Gasteiger partial charge in [0.15, 0.2) is 34.6 Å². The van der Waals surface area contributed by atoms with E-state index in [1.807, 2.05) is 0 Å². The molecule has 3 heterocycles. The normalized spacial score (nSPS) is 11.0. The Morgan fingerprint density at radius 1 is 0.780 bits per heavy atom. The van der Waals surface area contributed by atoms with Gasteiger partial charge in [-0.25, -0.2) is 9.37 Å². The Balaban J connectivity index is 1.46. The molecule has 0 saturated carbocycles. The first kappa shape index (κ1) is 29.7. The smallest absolute Gasteiger partial charge is 0.303 e. The average Bonchev–Trinajstić information content (AvgIpc) is 3.57. The second kappa shape index (κ2) is 12.9. The summed E-state index contributed by atoms with van der Waals surface area (Å²) in [7, 11) is 2.78. The standard InChI is InChI=1S/C27H24FNO10S2/c1-36-17-11-19-13(9-21(40-19)15(30)3-5-23(32)33)25(28)26(17)38-7-8-39-27-18(37-2)12-20-14(29-27)10-22(41-20)16(31)4-6-24(34)35/h9-12H,3-8H2,1-2H3,(H,32,33)(H,34,35). The second-order valence-electron chi connectivity index (χ2n) is 8.56. The number of Topliss-reactive ketones (excluding diaryl/α,β-unsaturated/α-hetero) is 2. The van der Waals surface area contributed by atoms with Crippen molar-refractivity contribution in [2.24, 2.45) is 0 Å². The zero-order valence-electron chi connectivity index (χ0n) is 21.9. The first-order valence-corrected chi connectivity index (χ1v) is 13.8. The molecule has 0 unspecified atom stereocenters. The first-order valence-electron chi connectivity index (χ1n) is 12.2. The lowest BCUT2D eigenvalue weighted by molar-refractivity contribution is -0.137. The van der Waals surface area contributed by atoms with Gasteiger partial charge in [-0.05, 0) is 12.1 Å². The van der Waals surface area contributed by atoms with Crippen LogP contribution in [0.1, 0.15) is 45.0 Å². The van der Waals surface area contributed by atoms with Crippen LogP contribution in [0.15, 0.2) is 24.3 Å². The van der Waals surface area contributed by atoms with Crippen molar-refractivity contribution in [2.45, 2.75) is 25.7 Å². The number of carboxylic acids is 2. The number of aliphatic carboxylic acids is 2. The fourth-order valence-electron chi connectivity index (χ4n) is 3.81. The Kier molecular flexibility index (Phi) is 9.35. The molecule has 0 aliphatic rings. The van der Waals surface area contributed by atoms with Crippen LogP contribution in [-0.2, 0) is 9.59 Å². The maximum absolute atomic E-state index is 15.4. The van der Waals surface area contributed by atoms with E-state index in [4.69, 9.17) is 29.2 Å². The zero-order chi connectivity index (χ0) is 29.7. The minimum atomic E-state index is -1.10. The molecule has 4 aromatic rings.